The summed E-state index contributed by atoms with van der Waals surface area (Å²) in [6.07, 6.45) is 12.1. The van der Waals surface area contributed by atoms with Crippen LogP contribution < -0.4 is 0 Å². The van der Waals surface area contributed by atoms with Crippen LogP contribution in [0.4, 0.5) is 0 Å². The zero-order valence-electron chi connectivity index (χ0n) is 12.1. The third kappa shape index (κ3) is 3.98. The van der Waals surface area contributed by atoms with Gasteiger partial charge in [0, 0.05) is 6.54 Å². The maximum Gasteiger partial charge on any atom is 0.000356 e. The molecule has 100 valence electrons. The standard InChI is InChI=1S/C16H31N/c1-13-4-8-15(9-5-13)16-10-6-14(7-11-16)12-17(2)3/h13-16H,4-12H2,1-3H3. The molecule has 0 aromatic rings. The Balaban J connectivity index is 1.71. The molecule has 2 aliphatic carbocycles. The maximum absolute atomic E-state index is 2.43. The van der Waals surface area contributed by atoms with Crippen LogP contribution in [0, 0.1) is 23.7 Å². The first-order valence-electron chi connectivity index (χ1n) is 7.80. The quantitative estimate of drug-likeness (QED) is 0.712. The van der Waals surface area contributed by atoms with E-state index in [1.807, 2.05) is 0 Å². The topological polar surface area (TPSA) is 3.24 Å². The average molecular weight is 237 g/mol. The number of rotatable bonds is 3. The third-order valence-electron chi connectivity index (χ3n) is 5.24. The van der Waals surface area contributed by atoms with E-state index in [0.717, 1.165) is 23.7 Å². The van der Waals surface area contributed by atoms with Crippen molar-refractivity contribution in [1.82, 2.24) is 4.90 Å². The largest absolute Gasteiger partial charge is 0.309 e. The van der Waals surface area contributed by atoms with Crippen molar-refractivity contribution in [2.24, 2.45) is 23.7 Å². The molecule has 0 aromatic carbocycles. The fraction of sp³-hybridized carbons (Fsp3) is 1.00. The Labute approximate surface area is 108 Å². The van der Waals surface area contributed by atoms with Gasteiger partial charge in [0.15, 0.2) is 0 Å². The summed E-state index contributed by atoms with van der Waals surface area (Å²) >= 11 is 0. The summed E-state index contributed by atoms with van der Waals surface area (Å²) in [7, 11) is 4.43. The van der Waals surface area contributed by atoms with Crippen molar-refractivity contribution in [2.45, 2.75) is 58.3 Å². The van der Waals surface area contributed by atoms with E-state index in [1.165, 1.54) is 57.9 Å². The minimum Gasteiger partial charge on any atom is -0.309 e. The van der Waals surface area contributed by atoms with Crippen LogP contribution in [0.25, 0.3) is 0 Å². The van der Waals surface area contributed by atoms with E-state index in [0.29, 0.717) is 0 Å². The zero-order chi connectivity index (χ0) is 12.3. The summed E-state index contributed by atoms with van der Waals surface area (Å²) in [6, 6.07) is 0. The van der Waals surface area contributed by atoms with Gasteiger partial charge in [-0.25, -0.2) is 0 Å². The van der Waals surface area contributed by atoms with Crippen LogP contribution in [-0.2, 0) is 0 Å². The normalized spacial score (nSPS) is 39.5. The molecule has 0 bridgehead atoms. The molecular formula is C16H31N. The van der Waals surface area contributed by atoms with Crippen LogP contribution in [0.15, 0.2) is 0 Å². The summed E-state index contributed by atoms with van der Waals surface area (Å²) in [4.78, 5) is 2.37. The highest BCUT2D eigenvalue weighted by atomic mass is 15.1. The Kier molecular flexibility index (Phi) is 4.90. The summed E-state index contributed by atoms with van der Waals surface area (Å²) in [5.41, 5.74) is 0. The van der Waals surface area contributed by atoms with Gasteiger partial charge in [-0.15, -0.1) is 0 Å². The van der Waals surface area contributed by atoms with Gasteiger partial charge in [0.2, 0.25) is 0 Å². The van der Waals surface area contributed by atoms with Crippen LogP contribution in [-0.4, -0.2) is 25.5 Å². The van der Waals surface area contributed by atoms with E-state index in [2.05, 4.69) is 25.9 Å². The molecule has 2 saturated carbocycles. The SMILES string of the molecule is CC1CCC(C2CCC(CN(C)C)CC2)CC1. The lowest BCUT2D eigenvalue weighted by Crippen LogP contribution is -2.29. The average Bonchev–Trinajstić information content (AvgIpc) is 2.30. The molecule has 1 nitrogen and oxygen atoms in total. The van der Waals surface area contributed by atoms with Crippen molar-refractivity contribution in [3.05, 3.63) is 0 Å². The lowest BCUT2D eigenvalue weighted by atomic mass is 9.69. The van der Waals surface area contributed by atoms with Gasteiger partial charge in [0.05, 0.1) is 0 Å². The third-order valence-corrected chi connectivity index (χ3v) is 5.24. The molecule has 0 spiro atoms. The predicted octanol–water partition coefficient (Wildman–Crippen LogP) is 4.18. The first-order chi connectivity index (χ1) is 8.15. The first kappa shape index (κ1) is 13.4. The Hall–Kier alpha value is -0.0400. The van der Waals surface area contributed by atoms with Gasteiger partial charge >= 0.3 is 0 Å². The van der Waals surface area contributed by atoms with Gasteiger partial charge < -0.3 is 4.90 Å². The summed E-state index contributed by atoms with van der Waals surface area (Å²) < 4.78 is 0. The van der Waals surface area contributed by atoms with Crippen molar-refractivity contribution in [3.63, 3.8) is 0 Å². The van der Waals surface area contributed by atoms with E-state index in [1.54, 1.807) is 0 Å². The number of nitrogens with zero attached hydrogens (tertiary/aromatic N) is 1. The Morgan fingerprint density at radius 1 is 0.765 bits per heavy atom. The van der Waals surface area contributed by atoms with Gasteiger partial charge in [-0.3, -0.25) is 0 Å². The lowest BCUT2D eigenvalue weighted by molar-refractivity contribution is 0.139. The second-order valence-electron chi connectivity index (χ2n) is 7.06. The minimum atomic E-state index is 0.990. The highest BCUT2D eigenvalue weighted by Gasteiger charge is 2.29. The number of hydrogen-bond acceptors (Lipinski definition) is 1. The molecule has 2 aliphatic rings. The highest BCUT2D eigenvalue weighted by Crippen LogP contribution is 2.41. The van der Waals surface area contributed by atoms with Crippen LogP contribution in [0.1, 0.15) is 58.3 Å². The van der Waals surface area contributed by atoms with E-state index in [-0.39, 0.29) is 0 Å². The van der Waals surface area contributed by atoms with Crippen molar-refractivity contribution < 1.29 is 0 Å². The van der Waals surface area contributed by atoms with Crippen molar-refractivity contribution in [3.8, 4) is 0 Å². The van der Waals surface area contributed by atoms with Crippen molar-refractivity contribution >= 4 is 0 Å². The van der Waals surface area contributed by atoms with Crippen LogP contribution in [0.3, 0.4) is 0 Å². The molecule has 2 fully saturated rings. The van der Waals surface area contributed by atoms with Gasteiger partial charge in [0.25, 0.3) is 0 Å². The van der Waals surface area contributed by atoms with Gasteiger partial charge in [-0.1, -0.05) is 19.8 Å². The van der Waals surface area contributed by atoms with Crippen LogP contribution in [0.5, 0.6) is 0 Å². The minimum absolute atomic E-state index is 0.990. The maximum atomic E-state index is 2.43. The Morgan fingerprint density at radius 2 is 1.24 bits per heavy atom. The molecule has 0 aliphatic heterocycles. The molecular weight excluding hydrogens is 206 g/mol. The predicted molar refractivity (Wildman–Crippen MR) is 75.1 cm³/mol. The van der Waals surface area contributed by atoms with E-state index >= 15 is 0 Å². The molecule has 2 rings (SSSR count). The molecule has 0 N–H and O–H groups in total. The molecule has 0 unspecified atom stereocenters. The molecule has 0 radical (unpaired) electrons. The van der Waals surface area contributed by atoms with E-state index in [9.17, 15) is 0 Å². The second-order valence-corrected chi connectivity index (χ2v) is 7.06. The molecule has 0 atom stereocenters. The van der Waals surface area contributed by atoms with E-state index < -0.39 is 0 Å². The van der Waals surface area contributed by atoms with Gasteiger partial charge in [0.1, 0.15) is 0 Å². The van der Waals surface area contributed by atoms with Crippen LogP contribution in [0.2, 0.25) is 0 Å². The molecule has 0 aromatic heterocycles. The highest BCUT2D eigenvalue weighted by molar-refractivity contribution is 4.81. The summed E-state index contributed by atoms with van der Waals surface area (Å²) in [5.74, 6) is 4.17. The van der Waals surface area contributed by atoms with Crippen LogP contribution >= 0.6 is 0 Å². The fourth-order valence-electron chi connectivity index (χ4n) is 4.12. The fourth-order valence-corrected chi connectivity index (χ4v) is 4.12. The molecule has 17 heavy (non-hydrogen) atoms. The van der Waals surface area contributed by atoms with Crippen molar-refractivity contribution in [1.29, 1.82) is 0 Å². The van der Waals surface area contributed by atoms with Gasteiger partial charge in [-0.2, -0.15) is 0 Å². The monoisotopic (exact) mass is 237 g/mol. The first-order valence-corrected chi connectivity index (χ1v) is 7.80. The number of hydrogen-bond donors (Lipinski definition) is 0. The molecule has 0 amide bonds. The van der Waals surface area contributed by atoms with Crippen molar-refractivity contribution in [2.75, 3.05) is 20.6 Å². The van der Waals surface area contributed by atoms with E-state index in [4.69, 9.17) is 0 Å². The summed E-state index contributed by atoms with van der Waals surface area (Å²) in [6.45, 7) is 3.75. The molecule has 1 heteroatoms. The Bertz CT molecular complexity index is 208. The Morgan fingerprint density at radius 3 is 1.71 bits per heavy atom. The lowest BCUT2D eigenvalue weighted by Gasteiger charge is -2.37. The zero-order valence-corrected chi connectivity index (χ0v) is 12.1. The molecule has 0 saturated heterocycles. The second kappa shape index (κ2) is 6.22. The van der Waals surface area contributed by atoms with Gasteiger partial charge in [-0.05, 0) is 76.3 Å². The smallest absolute Gasteiger partial charge is 0.000356 e. The summed E-state index contributed by atoms with van der Waals surface area (Å²) in [5, 5.41) is 0. The molecule has 0 heterocycles.